The van der Waals surface area contributed by atoms with Crippen molar-refractivity contribution >= 4 is 5.97 Å². The lowest BCUT2D eigenvalue weighted by molar-refractivity contribution is -0.142. The lowest BCUT2D eigenvalue weighted by atomic mass is 10.1. The summed E-state index contributed by atoms with van der Waals surface area (Å²) in [7, 11) is 0. The van der Waals surface area contributed by atoms with Gasteiger partial charge in [-0.3, -0.25) is 9.69 Å². The Morgan fingerprint density at radius 1 is 1.59 bits per heavy atom. The molecule has 1 aliphatic rings. The van der Waals surface area contributed by atoms with E-state index in [0.717, 1.165) is 0 Å². The van der Waals surface area contributed by atoms with E-state index in [1.54, 1.807) is 17.9 Å². The molecular formula is C12H14FNO3. The van der Waals surface area contributed by atoms with E-state index in [-0.39, 0.29) is 5.82 Å². The van der Waals surface area contributed by atoms with Crippen molar-refractivity contribution in [2.75, 3.05) is 13.2 Å². The van der Waals surface area contributed by atoms with Gasteiger partial charge in [0, 0.05) is 18.7 Å². The van der Waals surface area contributed by atoms with Gasteiger partial charge in [-0.15, -0.1) is 0 Å². The quantitative estimate of drug-likeness (QED) is 0.849. The highest BCUT2D eigenvalue weighted by Crippen LogP contribution is 2.24. The van der Waals surface area contributed by atoms with Crippen molar-refractivity contribution in [1.29, 1.82) is 0 Å². The maximum Gasteiger partial charge on any atom is 0.320 e. The van der Waals surface area contributed by atoms with E-state index in [1.807, 2.05) is 0 Å². The van der Waals surface area contributed by atoms with Crippen LogP contribution in [0.5, 0.6) is 5.75 Å². The molecule has 0 saturated heterocycles. The highest BCUT2D eigenvalue weighted by atomic mass is 19.1. The summed E-state index contributed by atoms with van der Waals surface area (Å²) < 4.78 is 18.6. The van der Waals surface area contributed by atoms with Crippen LogP contribution in [0.4, 0.5) is 4.39 Å². The van der Waals surface area contributed by atoms with Crippen LogP contribution in [-0.2, 0) is 11.3 Å². The van der Waals surface area contributed by atoms with Gasteiger partial charge < -0.3 is 9.84 Å². The van der Waals surface area contributed by atoms with Gasteiger partial charge in [-0.2, -0.15) is 0 Å². The van der Waals surface area contributed by atoms with Crippen LogP contribution >= 0.6 is 0 Å². The van der Waals surface area contributed by atoms with E-state index in [4.69, 9.17) is 9.84 Å². The van der Waals surface area contributed by atoms with Gasteiger partial charge >= 0.3 is 5.97 Å². The summed E-state index contributed by atoms with van der Waals surface area (Å²) in [5.74, 6) is -0.589. The minimum Gasteiger partial charge on any atom is -0.492 e. The molecule has 0 fully saturated rings. The number of aliphatic carboxylic acids is 1. The highest BCUT2D eigenvalue weighted by Gasteiger charge is 2.24. The lowest BCUT2D eigenvalue weighted by Gasteiger charge is -2.23. The number of halogens is 1. The van der Waals surface area contributed by atoms with E-state index in [1.165, 1.54) is 12.1 Å². The predicted octanol–water partition coefficient (Wildman–Crippen LogP) is 1.49. The molecule has 92 valence electrons. The lowest BCUT2D eigenvalue weighted by Crippen LogP contribution is -2.39. The first-order valence-electron chi connectivity index (χ1n) is 5.46. The van der Waals surface area contributed by atoms with Crippen LogP contribution in [0.3, 0.4) is 0 Å². The molecule has 1 atom stereocenters. The van der Waals surface area contributed by atoms with Crippen LogP contribution in [-0.4, -0.2) is 35.2 Å². The molecule has 1 aliphatic heterocycles. The second-order valence-electron chi connectivity index (χ2n) is 4.09. The number of fused-ring (bicyclic) bond motifs is 1. The summed E-state index contributed by atoms with van der Waals surface area (Å²) in [5, 5.41) is 8.97. The van der Waals surface area contributed by atoms with Crippen LogP contribution in [0, 0.1) is 5.82 Å². The molecule has 0 saturated carbocycles. The van der Waals surface area contributed by atoms with Crippen molar-refractivity contribution in [1.82, 2.24) is 4.90 Å². The van der Waals surface area contributed by atoms with Gasteiger partial charge in [-0.25, -0.2) is 4.39 Å². The van der Waals surface area contributed by atoms with E-state index < -0.39 is 12.0 Å². The van der Waals surface area contributed by atoms with Crippen molar-refractivity contribution in [3.63, 3.8) is 0 Å². The Labute approximate surface area is 98.6 Å². The van der Waals surface area contributed by atoms with Gasteiger partial charge in [0.1, 0.15) is 24.2 Å². The summed E-state index contributed by atoms with van der Waals surface area (Å²) in [6.07, 6.45) is 0. The number of carbonyl (C=O) groups is 1. The van der Waals surface area contributed by atoms with Gasteiger partial charge in [-0.1, -0.05) is 0 Å². The van der Waals surface area contributed by atoms with E-state index >= 15 is 0 Å². The van der Waals surface area contributed by atoms with Crippen LogP contribution in [0.2, 0.25) is 0 Å². The molecule has 1 aromatic rings. The van der Waals surface area contributed by atoms with Crippen LogP contribution in [0.1, 0.15) is 12.5 Å². The Bertz CT molecular complexity index is 436. The van der Waals surface area contributed by atoms with Crippen molar-refractivity contribution in [3.05, 3.63) is 29.6 Å². The number of ether oxygens (including phenoxy) is 1. The Morgan fingerprint density at radius 3 is 3.06 bits per heavy atom. The number of hydrogen-bond donors (Lipinski definition) is 1. The van der Waals surface area contributed by atoms with Gasteiger partial charge in [0.15, 0.2) is 0 Å². The van der Waals surface area contributed by atoms with Gasteiger partial charge in [0.25, 0.3) is 0 Å². The van der Waals surface area contributed by atoms with Crippen LogP contribution in [0.25, 0.3) is 0 Å². The molecule has 1 N–H and O–H groups in total. The topological polar surface area (TPSA) is 49.8 Å². The molecule has 17 heavy (non-hydrogen) atoms. The maximum absolute atomic E-state index is 13.1. The molecule has 2 rings (SSSR count). The number of hydrogen-bond acceptors (Lipinski definition) is 3. The number of benzene rings is 1. The number of carboxylic acids is 1. The standard InChI is InChI=1S/C12H14FNO3/c1-8(12(15)16)14-4-5-17-11-3-2-10(13)6-9(11)7-14/h2-3,6,8H,4-5,7H2,1H3,(H,15,16)/t8-/m0/s1. The third-order valence-corrected chi connectivity index (χ3v) is 2.94. The summed E-state index contributed by atoms with van der Waals surface area (Å²) >= 11 is 0. The molecule has 1 aromatic carbocycles. The molecule has 0 unspecified atom stereocenters. The van der Waals surface area contributed by atoms with Gasteiger partial charge in [0.2, 0.25) is 0 Å². The third kappa shape index (κ3) is 2.55. The van der Waals surface area contributed by atoms with E-state index in [9.17, 15) is 9.18 Å². The number of nitrogens with zero attached hydrogens (tertiary/aromatic N) is 1. The van der Waals surface area contributed by atoms with E-state index in [0.29, 0.717) is 31.0 Å². The number of rotatable bonds is 2. The zero-order valence-electron chi connectivity index (χ0n) is 9.52. The fourth-order valence-electron chi connectivity index (χ4n) is 1.87. The van der Waals surface area contributed by atoms with Crippen molar-refractivity contribution < 1.29 is 19.0 Å². The first-order chi connectivity index (χ1) is 8.08. The Kier molecular flexibility index (Phi) is 3.28. The summed E-state index contributed by atoms with van der Waals surface area (Å²) in [6.45, 7) is 2.94. The average Bonchev–Trinajstić information content (AvgIpc) is 2.49. The molecule has 4 nitrogen and oxygen atoms in total. The predicted molar refractivity (Wildman–Crippen MR) is 59.4 cm³/mol. The first kappa shape index (κ1) is 11.9. The molecular weight excluding hydrogens is 225 g/mol. The summed E-state index contributed by atoms with van der Waals surface area (Å²) in [4.78, 5) is 12.7. The zero-order valence-corrected chi connectivity index (χ0v) is 9.52. The van der Waals surface area contributed by atoms with Crippen molar-refractivity contribution in [3.8, 4) is 5.75 Å². The molecule has 0 amide bonds. The van der Waals surface area contributed by atoms with E-state index in [2.05, 4.69) is 0 Å². The smallest absolute Gasteiger partial charge is 0.320 e. The molecule has 0 aliphatic carbocycles. The largest absolute Gasteiger partial charge is 0.492 e. The summed E-state index contributed by atoms with van der Waals surface area (Å²) in [6, 6.07) is 3.71. The molecule has 0 bridgehead atoms. The number of carboxylic acid groups (broad SMARTS) is 1. The summed E-state index contributed by atoms with van der Waals surface area (Å²) in [5.41, 5.74) is 0.690. The fraction of sp³-hybridized carbons (Fsp3) is 0.417. The van der Waals surface area contributed by atoms with Gasteiger partial charge in [-0.05, 0) is 25.1 Å². The normalized spacial score (nSPS) is 17.8. The molecule has 0 spiro atoms. The fourth-order valence-corrected chi connectivity index (χ4v) is 1.87. The minimum atomic E-state index is -0.884. The molecule has 1 heterocycles. The van der Waals surface area contributed by atoms with Gasteiger partial charge in [0.05, 0.1) is 0 Å². The second kappa shape index (κ2) is 4.71. The Hall–Kier alpha value is -1.62. The highest BCUT2D eigenvalue weighted by molar-refractivity contribution is 5.72. The first-order valence-corrected chi connectivity index (χ1v) is 5.46. The SMILES string of the molecule is C[C@@H](C(=O)O)N1CCOc2ccc(F)cc2C1. The monoisotopic (exact) mass is 239 g/mol. The molecule has 0 radical (unpaired) electrons. The molecule has 5 heteroatoms. The maximum atomic E-state index is 13.1. The van der Waals surface area contributed by atoms with Crippen LogP contribution in [0.15, 0.2) is 18.2 Å². The third-order valence-electron chi connectivity index (χ3n) is 2.94. The molecule has 0 aromatic heterocycles. The zero-order chi connectivity index (χ0) is 12.4. The van der Waals surface area contributed by atoms with Crippen molar-refractivity contribution in [2.45, 2.75) is 19.5 Å². The second-order valence-corrected chi connectivity index (χ2v) is 4.09. The minimum absolute atomic E-state index is 0.336. The Balaban J connectivity index is 2.24. The van der Waals surface area contributed by atoms with Crippen LogP contribution < -0.4 is 4.74 Å². The van der Waals surface area contributed by atoms with Crippen molar-refractivity contribution in [2.24, 2.45) is 0 Å². The Morgan fingerprint density at radius 2 is 2.35 bits per heavy atom. The average molecular weight is 239 g/mol.